The largest absolute Gasteiger partial charge is 0.478 e. The fourth-order valence-corrected chi connectivity index (χ4v) is 2.93. The van der Waals surface area contributed by atoms with Gasteiger partial charge in [-0.1, -0.05) is 43.5 Å². The van der Waals surface area contributed by atoms with Crippen LogP contribution in [0.4, 0.5) is 5.69 Å². The zero-order chi connectivity index (χ0) is 17.9. The molecule has 0 saturated heterocycles. The average Bonchev–Trinajstić information content (AvgIpc) is 2.51. The predicted octanol–water partition coefficient (Wildman–Crippen LogP) is 4.69. The van der Waals surface area contributed by atoms with Gasteiger partial charge in [-0.05, 0) is 48.6 Å². The fourth-order valence-electron chi connectivity index (χ4n) is 1.80. The molecule has 0 spiro atoms. The maximum absolute atomic E-state index is 12.2. The first kappa shape index (κ1) is 18.9. The van der Waals surface area contributed by atoms with Crippen molar-refractivity contribution in [2.75, 3.05) is 5.32 Å². The highest BCUT2D eigenvalue weighted by Crippen LogP contribution is 2.22. The molecule has 0 aromatic heterocycles. The quantitative estimate of drug-likeness (QED) is 0.542. The molecule has 0 aliphatic carbocycles. The molecule has 0 fully saturated rings. The van der Waals surface area contributed by atoms with Crippen molar-refractivity contribution in [3.05, 3.63) is 61.5 Å². The van der Waals surface area contributed by atoms with Gasteiger partial charge in [-0.15, -0.1) is 0 Å². The van der Waals surface area contributed by atoms with E-state index in [-0.39, 0.29) is 26.9 Å². The summed E-state index contributed by atoms with van der Waals surface area (Å²) in [5.74, 6) is -1.63. The molecular weight excluding hydrogens is 484 g/mol. The maximum atomic E-state index is 12.2. The Morgan fingerprint density at radius 3 is 2.25 bits per heavy atom. The van der Waals surface area contributed by atoms with E-state index in [0.29, 0.717) is 8.95 Å². The molecule has 1 amide bonds. The molecule has 0 aliphatic rings. The summed E-state index contributed by atoms with van der Waals surface area (Å²) in [5, 5.41) is 14.6. The predicted molar refractivity (Wildman–Crippen MR) is 104 cm³/mol. The number of thiocarbonyl (C=S) groups is 1. The van der Waals surface area contributed by atoms with Crippen molar-refractivity contribution >= 4 is 78.4 Å². The van der Waals surface area contributed by atoms with Crippen LogP contribution in [0.15, 0.2) is 45.3 Å². The Morgan fingerprint density at radius 2 is 1.62 bits per heavy atom. The topological polar surface area (TPSA) is 78.4 Å². The normalized spacial score (nSPS) is 10.1. The van der Waals surface area contributed by atoms with Crippen LogP contribution in [0.1, 0.15) is 20.7 Å². The Balaban J connectivity index is 2.15. The van der Waals surface area contributed by atoms with Crippen molar-refractivity contribution in [2.45, 2.75) is 0 Å². The van der Waals surface area contributed by atoms with E-state index >= 15 is 0 Å². The average molecular weight is 493 g/mol. The highest BCUT2D eigenvalue weighted by molar-refractivity contribution is 9.10. The number of carboxylic acid groups (broad SMARTS) is 1. The minimum atomic E-state index is -1.12. The summed E-state index contributed by atoms with van der Waals surface area (Å²) in [7, 11) is 0. The molecule has 0 saturated carbocycles. The number of benzene rings is 2. The monoisotopic (exact) mass is 490 g/mol. The molecule has 0 aliphatic heterocycles. The lowest BCUT2D eigenvalue weighted by Crippen LogP contribution is -2.34. The highest BCUT2D eigenvalue weighted by Gasteiger charge is 2.15. The number of carbonyl (C=O) groups is 2. The molecule has 9 heteroatoms. The molecule has 2 aromatic carbocycles. The van der Waals surface area contributed by atoms with Gasteiger partial charge < -0.3 is 10.4 Å². The fraction of sp³-hybridized carbons (Fsp3) is 0. The van der Waals surface area contributed by atoms with Gasteiger partial charge in [0.05, 0.1) is 21.8 Å². The molecule has 0 unspecified atom stereocenters. The third-order valence-electron chi connectivity index (χ3n) is 2.86. The maximum Gasteiger partial charge on any atom is 0.337 e. The second kappa shape index (κ2) is 8.06. The van der Waals surface area contributed by atoms with Gasteiger partial charge in [-0.2, -0.15) is 0 Å². The summed E-state index contributed by atoms with van der Waals surface area (Å²) in [4.78, 5) is 23.5. The first-order chi connectivity index (χ1) is 11.3. The van der Waals surface area contributed by atoms with Crippen molar-refractivity contribution < 1.29 is 14.7 Å². The van der Waals surface area contributed by atoms with Crippen LogP contribution in [0.2, 0.25) is 5.02 Å². The molecule has 5 nitrogen and oxygen atoms in total. The zero-order valence-electron chi connectivity index (χ0n) is 11.8. The second-order valence-electron chi connectivity index (χ2n) is 4.53. The Kier molecular flexibility index (Phi) is 6.34. The first-order valence-corrected chi connectivity index (χ1v) is 8.75. The van der Waals surface area contributed by atoms with Crippen molar-refractivity contribution in [1.29, 1.82) is 0 Å². The number of aromatic carboxylic acids is 1. The van der Waals surface area contributed by atoms with Crippen LogP contribution in [-0.2, 0) is 0 Å². The summed E-state index contributed by atoms with van der Waals surface area (Å²) in [6.07, 6.45) is 0. The van der Waals surface area contributed by atoms with Crippen LogP contribution >= 0.6 is 55.7 Å². The summed E-state index contributed by atoms with van der Waals surface area (Å²) in [5.41, 5.74) is 0.516. The Morgan fingerprint density at radius 1 is 1.04 bits per heavy atom. The van der Waals surface area contributed by atoms with Crippen molar-refractivity contribution in [1.82, 2.24) is 5.32 Å². The van der Waals surface area contributed by atoms with E-state index in [2.05, 4.69) is 42.5 Å². The standard InChI is InChI=1S/C15H9Br2ClN2O3S/c16-7-1-3-11(18)9(5-7)13(21)20-15(24)19-12-4-2-8(17)6-10(12)14(22)23/h1-6H,(H,22,23)(H2,19,20,21,24). The van der Waals surface area contributed by atoms with E-state index in [4.69, 9.17) is 23.8 Å². The van der Waals surface area contributed by atoms with Gasteiger partial charge in [0.25, 0.3) is 5.91 Å². The van der Waals surface area contributed by atoms with Crippen LogP contribution in [0, 0.1) is 0 Å². The van der Waals surface area contributed by atoms with Crippen LogP contribution < -0.4 is 10.6 Å². The Bertz CT molecular complexity index is 845. The number of carbonyl (C=O) groups excluding carboxylic acids is 1. The number of hydrogen-bond donors (Lipinski definition) is 3. The smallest absolute Gasteiger partial charge is 0.337 e. The summed E-state index contributed by atoms with van der Waals surface area (Å²) < 4.78 is 1.30. The summed E-state index contributed by atoms with van der Waals surface area (Å²) in [6.45, 7) is 0. The zero-order valence-corrected chi connectivity index (χ0v) is 16.5. The van der Waals surface area contributed by atoms with Gasteiger partial charge in [0, 0.05) is 8.95 Å². The second-order valence-corrected chi connectivity index (χ2v) is 7.17. The minimum absolute atomic E-state index is 0.0152. The van der Waals surface area contributed by atoms with Crippen LogP contribution in [0.5, 0.6) is 0 Å². The van der Waals surface area contributed by atoms with E-state index in [1.165, 1.54) is 12.1 Å². The third kappa shape index (κ3) is 4.76. The van der Waals surface area contributed by atoms with Crippen molar-refractivity contribution in [3.63, 3.8) is 0 Å². The number of anilines is 1. The lowest BCUT2D eigenvalue weighted by Gasteiger charge is -2.12. The molecule has 2 rings (SSSR count). The van der Waals surface area contributed by atoms with Crippen LogP contribution in [0.25, 0.3) is 0 Å². The minimum Gasteiger partial charge on any atom is -0.478 e. The van der Waals surface area contributed by atoms with Crippen molar-refractivity contribution in [3.8, 4) is 0 Å². The van der Waals surface area contributed by atoms with Gasteiger partial charge in [-0.3, -0.25) is 10.1 Å². The van der Waals surface area contributed by atoms with E-state index in [0.717, 1.165) is 0 Å². The molecular formula is C15H9Br2ClN2O3S. The first-order valence-electron chi connectivity index (χ1n) is 6.38. The lowest BCUT2D eigenvalue weighted by atomic mass is 10.2. The number of nitrogens with one attached hydrogen (secondary N) is 2. The molecule has 0 heterocycles. The van der Waals surface area contributed by atoms with Crippen LogP contribution in [-0.4, -0.2) is 22.1 Å². The summed E-state index contributed by atoms with van der Waals surface area (Å²) in [6, 6.07) is 9.47. The van der Waals surface area contributed by atoms with Gasteiger partial charge in [0.1, 0.15) is 0 Å². The number of hydrogen-bond acceptors (Lipinski definition) is 3. The lowest BCUT2D eigenvalue weighted by molar-refractivity contribution is 0.0697. The van der Waals surface area contributed by atoms with E-state index in [9.17, 15) is 14.7 Å². The van der Waals surface area contributed by atoms with Gasteiger partial charge in [-0.25, -0.2) is 4.79 Å². The van der Waals surface area contributed by atoms with Crippen LogP contribution in [0.3, 0.4) is 0 Å². The Labute approximate surface area is 164 Å². The van der Waals surface area contributed by atoms with E-state index in [1.807, 2.05) is 0 Å². The SMILES string of the molecule is O=C(NC(=S)Nc1ccc(Br)cc1C(=O)O)c1cc(Br)ccc1Cl. The molecule has 2 aromatic rings. The summed E-state index contributed by atoms with van der Waals surface area (Å²) >= 11 is 17.5. The van der Waals surface area contributed by atoms with Crippen molar-refractivity contribution in [2.24, 2.45) is 0 Å². The molecule has 3 N–H and O–H groups in total. The number of amides is 1. The van der Waals surface area contributed by atoms with Gasteiger partial charge >= 0.3 is 5.97 Å². The van der Waals surface area contributed by atoms with E-state index < -0.39 is 11.9 Å². The highest BCUT2D eigenvalue weighted by atomic mass is 79.9. The third-order valence-corrected chi connectivity index (χ3v) is 4.38. The van der Waals surface area contributed by atoms with Gasteiger partial charge in [0.2, 0.25) is 0 Å². The molecule has 24 heavy (non-hydrogen) atoms. The number of halogens is 3. The molecule has 124 valence electrons. The number of rotatable bonds is 3. The Hall–Kier alpha value is -1.48. The van der Waals surface area contributed by atoms with E-state index in [1.54, 1.807) is 24.3 Å². The number of carboxylic acids is 1. The van der Waals surface area contributed by atoms with Gasteiger partial charge in [0.15, 0.2) is 5.11 Å². The molecule has 0 atom stereocenters. The molecule has 0 bridgehead atoms. The molecule has 0 radical (unpaired) electrons.